The standard InChI is InChI=1S/C17H22FN5O3S/c1-12-10-13(18)6-7-14(12)27(24,25)19-11-15-20-16(22-17(21-15)26-2)23-8-4-3-5-9-23/h6-7,10,19H,3-5,8-9,11H2,1-2H3. The van der Waals surface area contributed by atoms with Gasteiger partial charge in [0.05, 0.1) is 18.6 Å². The highest BCUT2D eigenvalue weighted by Crippen LogP contribution is 2.19. The molecule has 1 saturated heterocycles. The molecule has 0 radical (unpaired) electrons. The van der Waals surface area contributed by atoms with Crippen LogP contribution in [0.15, 0.2) is 23.1 Å². The maximum atomic E-state index is 13.2. The van der Waals surface area contributed by atoms with E-state index in [1.165, 1.54) is 32.6 Å². The molecule has 1 aliphatic heterocycles. The third-order valence-electron chi connectivity index (χ3n) is 4.32. The molecule has 1 N–H and O–H groups in total. The molecule has 2 aromatic rings. The van der Waals surface area contributed by atoms with Gasteiger partial charge in [0.1, 0.15) is 5.82 Å². The number of hydrogen-bond acceptors (Lipinski definition) is 7. The molecule has 27 heavy (non-hydrogen) atoms. The summed E-state index contributed by atoms with van der Waals surface area (Å²) in [7, 11) is -2.39. The van der Waals surface area contributed by atoms with E-state index < -0.39 is 15.8 Å². The van der Waals surface area contributed by atoms with Crippen molar-refractivity contribution >= 4 is 16.0 Å². The molecule has 10 heteroatoms. The first-order chi connectivity index (χ1) is 12.9. The van der Waals surface area contributed by atoms with Gasteiger partial charge in [-0.25, -0.2) is 17.5 Å². The number of nitrogens with one attached hydrogen (secondary N) is 1. The van der Waals surface area contributed by atoms with Crippen LogP contribution in [0.4, 0.5) is 10.3 Å². The zero-order valence-corrected chi connectivity index (χ0v) is 16.1. The SMILES string of the molecule is COc1nc(CNS(=O)(=O)c2ccc(F)cc2C)nc(N2CCCCC2)n1. The number of benzene rings is 1. The molecule has 146 valence electrons. The quantitative estimate of drug-likeness (QED) is 0.796. The molecule has 1 aromatic carbocycles. The Labute approximate surface area is 157 Å². The smallest absolute Gasteiger partial charge is 0.321 e. The van der Waals surface area contributed by atoms with Crippen LogP contribution in [-0.2, 0) is 16.6 Å². The van der Waals surface area contributed by atoms with Crippen LogP contribution in [0.3, 0.4) is 0 Å². The van der Waals surface area contributed by atoms with E-state index in [-0.39, 0.29) is 23.3 Å². The van der Waals surface area contributed by atoms with Crippen LogP contribution in [0, 0.1) is 12.7 Å². The second-order valence-electron chi connectivity index (χ2n) is 6.32. The first-order valence-corrected chi connectivity index (χ1v) is 10.2. The zero-order valence-electron chi connectivity index (χ0n) is 15.3. The van der Waals surface area contributed by atoms with E-state index >= 15 is 0 Å². The minimum absolute atomic E-state index is 0.0150. The monoisotopic (exact) mass is 395 g/mol. The van der Waals surface area contributed by atoms with Crippen LogP contribution in [0.1, 0.15) is 30.7 Å². The Kier molecular flexibility index (Phi) is 5.85. The number of hydrogen-bond donors (Lipinski definition) is 1. The Balaban J connectivity index is 1.80. The van der Waals surface area contributed by atoms with Crippen LogP contribution in [-0.4, -0.2) is 43.6 Å². The first kappa shape index (κ1) is 19.4. The van der Waals surface area contributed by atoms with Gasteiger partial charge in [-0.15, -0.1) is 0 Å². The molecule has 0 saturated carbocycles. The number of rotatable bonds is 6. The fraction of sp³-hybridized carbons (Fsp3) is 0.471. The number of piperidine rings is 1. The van der Waals surface area contributed by atoms with E-state index in [9.17, 15) is 12.8 Å². The summed E-state index contributed by atoms with van der Waals surface area (Å²) in [5.41, 5.74) is 0.324. The maximum Gasteiger partial charge on any atom is 0.321 e. The molecular weight excluding hydrogens is 373 g/mol. The third kappa shape index (κ3) is 4.69. The summed E-state index contributed by atoms with van der Waals surface area (Å²) in [4.78, 5) is 14.8. The van der Waals surface area contributed by atoms with E-state index in [0.29, 0.717) is 11.5 Å². The van der Waals surface area contributed by atoms with E-state index in [1.54, 1.807) is 0 Å². The summed E-state index contributed by atoms with van der Waals surface area (Å²) in [6.45, 7) is 3.09. The number of sulfonamides is 1. The highest BCUT2D eigenvalue weighted by molar-refractivity contribution is 7.89. The van der Waals surface area contributed by atoms with Gasteiger partial charge in [0.25, 0.3) is 0 Å². The lowest BCUT2D eigenvalue weighted by Gasteiger charge is -2.26. The predicted molar refractivity (Wildman–Crippen MR) is 97.6 cm³/mol. The maximum absolute atomic E-state index is 13.2. The van der Waals surface area contributed by atoms with E-state index in [2.05, 4.69) is 19.7 Å². The Morgan fingerprint density at radius 3 is 2.59 bits per heavy atom. The zero-order chi connectivity index (χ0) is 19.4. The van der Waals surface area contributed by atoms with Crippen molar-refractivity contribution in [1.82, 2.24) is 19.7 Å². The second-order valence-corrected chi connectivity index (χ2v) is 8.06. The fourth-order valence-electron chi connectivity index (χ4n) is 2.94. The molecule has 2 heterocycles. The highest BCUT2D eigenvalue weighted by Gasteiger charge is 2.20. The molecular formula is C17H22FN5O3S. The number of nitrogens with zero attached hydrogens (tertiary/aromatic N) is 4. The Hall–Kier alpha value is -2.33. The Bertz CT molecular complexity index is 917. The van der Waals surface area contributed by atoms with E-state index in [0.717, 1.165) is 32.0 Å². The number of ether oxygens (including phenoxy) is 1. The molecule has 0 amide bonds. The molecule has 0 unspecified atom stereocenters. The summed E-state index contributed by atoms with van der Waals surface area (Å²) in [5.74, 6) is 0.249. The van der Waals surface area contributed by atoms with Crippen LogP contribution in [0.25, 0.3) is 0 Å². The average Bonchev–Trinajstić information content (AvgIpc) is 2.66. The van der Waals surface area contributed by atoms with Crippen LogP contribution < -0.4 is 14.4 Å². The van der Waals surface area contributed by atoms with Crippen molar-refractivity contribution in [1.29, 1.82) is 0 Å². The fourth-order valence-corrected chi connectivity index (χ4v) is 4.15. The van der Waals surface area contributed by atoms with Gasteiger partial charge in [-0.3, -0.25) is 0 Å². The van der Waals surface area contributed by atoms with Gasteiger partial charge in [0.15, 0.2) is 5.82 Å². The summed E-state index contributed by atoms with van der Waals surface area (Å²) < 4.78 is 45.9. The summed E-state index contributed by atoms with van der Waals surface area (Å²) in [5, 5.41) is 0. The topological polar surface area (TPSA) is 97.3 Å². The van der Waals surface area contributed by atoms with Gasteiger partial charge in [-0.05, 0) is 49.9 Å². The van der Waals surface area contributed by atoms with Crippen LogP contribution in [0.5, 0.6) is 6.01 Å². The number of aryl methyl sites for hydroxylation is 1. The molecule has 0 spiro atoms. The first-order valence-electron chi connectivity index (χ1n) is 8.69. The average molecular weight is 395 g/mol. The lowest BCUT2D eigenvalue weighted by atomic mass is 10.1. The van der Waals surface area contributed by atoms with Gasteiger partial charge in [0, 0.05) is 13.1 Å². The van der Waals surface area contributed by atoms with Crippen molar-refractivity contribution in [2.45, 2.75) is 37.6 Å². The third-order valence-corrected chi connectivity index (χ3v) is 5.88. The van der Waals surface area contributed by atoms with Gasteiger partial charge in [-0.1, -0.05) is 0 Å². The number of methoxy groups -OCH3 is 1. The molecule has 1 aliphatic rings. The van der Waals surface area contributed by atoms with E-state index in [1.807, 2.05) is 4.90 Å². The normalized spacial score (nSPS) is 15.0. The molecule has 8 nitrogen and oxygen atoms in total. The highest BCUT2D eigenvalue weighted by atomic mass is 32.2. The minimum atomic E-state index is -3.83. The minimum Gasteiger partial charge on any atom is -0.467 e. The summed E-state index contributed by atoms with van der Waals surface area (Å²) >= 11 is 0. The molecule has 0 aliphatic carbocycles. The van der Waals surface area contributed by atoms with Crippen LogP contribution >= 0.6 is 0 Å². The van der Waals surface area contributed by atoms with Gasteiger partial charge >= 0.3 is 6.01 Å². The summed E-state index contributed by atoms with van der Waals surface area (Å²) in [6.07, 6.45) is 3.28. The predicted octanol–water partition coefficient (Wildman–Crippen LogP) is 1.80. The van der Waals surface area contributed by atoms with Gasteiger partial charge in [-0.2, -0.15) is 15.0 Å². The molecule has 0 atom stereocenters. The Morgan fingerprint density at radius 2 is 1.93 bits per heavy atom. The molecule has 1 fully saturated rings. The van der Waals surface area contributed by atoms with Crippen molar-refractivity contribution in [3.63, 3.8) is 0 Å². The van der Waals surface area contributed by atoms with Crippen molar-refractivity contribution in [2.24, 2.45) is 0 Å². The summed E-state index contributed by atoms with van der Waals surface area (Å²) in [6, 6.07) is 3.66. The van der Waals surface area contributed by atoms with Crippen molar-refractivity contribution < 1.29 is 17.5 Å². The number of aromatic nitrogens is 3. The van der Waals surface area contributed by atoms with Crippen molar-refractivity contribution in [3.8, 4) is 6.01 Å². The Morgan fingerprint density at radius 1 is 1.19 bits per heavy atom. The van der Waals surface area contributed by atoms with Crippen molar-refractivity contribution in [3.05, 3.63) is 35.4 Å². The van der Waals surface area contributed by atoms with Gasteiger partial charge in [0.2, 0.25) is 16.0 Å². The molecule has 0 bridgehead atoms. The van der Waals surface area contributed by atoms with Crippen LogP contribution in [0.2, 0.25) is 0 Å². The number of anilines is 1. The second kappa shape index (κ2) is 8.13. The lowest BCUT2D eigenvalue weighted by molar-refractivity contribution is 0.374. The van der Waals surface area contributed by atoms with Crippen molar-refractivity contribution in [2.75, 3.05) is 25.1 Å². The molecule has 1 aromatic heterocycles. The number of halogens is 1. The lowest BCUT2D eigenvalue weighted by Crippen LogP contribution is -2.32. The largest absolute Gasteiger partial charge is 0.467 e. The van der Waals surface area contributed by atoms with E-state index in [4.69, 9.17) is 4.74 Å². The molecule has 3 rings (SSSR count). The van der Waals surface area contributed by atoms with Gasteiger partial charge < -0.3 is 9.64 Å².